The molecule has 0 aliphatic heterocycles. The Bertz CT molecular complexity index is 422. The Hall–Kier alpha value is -0.430. The van der Waals surface area contributed by atoms with Crippen molar-refractivity contribution in [2.45, 2.75) is 6.04 Å². The number of methoxy groups -OCH3 is 1. The molecule has 0 amide bonds. The molecule has 0 saturated heterocycles. The molecule has 0 saturated carbocycles. The van der Waals surface area contributed by atoms with Crippen molar-refractivity contribution in [3.63, 3.8) is 0 Å². The molecule has 0 radical (unpaired) electrons. The summed E-state index contributed by atoms with van der Waals surface area (Å²) in [6, 6.07) is 9.20. The number of nitrogens with one attached hydrogen (secondary N) is 1. The standard InChI is InChI=1S/C11H16BrNO3S/c1-16-7-8-17(14,15)13-11(9-12)10-5-3-2-4-6-10/h2-6,11,13H,7-9H2,1H3. The molecule has 1 unspecified atom stereocenters. The van der Waals surface area contributed by atoms with Crippen molar-refractivity contribution in [1.29, 1.82) is 0 Å². The third kappa shape index (κ3) is 5.16. The highest BCUT2D eigenvalue weighted by Crippen LogP contribution is 2.16. The number of halogens is 1. The van der Waals surface area contributed by atoms with E-state index >= 15 is 0 Å². The van der Waals surface area contributed by atoms with Crippen LogP contribution in [0.15, 0.2) is 30.3 Å². The van der Waals surface area contributed by atoms with Crippen LogP contribution in [0.3, 0.4) is 0 Å². The molecule has 96 valence electrons. The molecule has 4 nitrogen and oxygen atoms in total. The molecule has 0 heterocycles. The van der Waals surface area contributed by atoms with Gasteiger partial charge >= 0.3 is 0 Å². The van der Waals surface area contributed by atoms with Crippen LogP contribution in [-0.2, 0) is 14.8 Å². The van der Waals surface area contributed by atoms with Crippen molar-refractivity contribution in [2.75, 3.05) is 24.8 Å². The highest BCUT2D eigenvalue weighted by Gasteiger charge is 2.17. The van der Waals surface area contributed by atoms with Gasteiger partial charge in [0.25, 0.3) is 0 Å². The highest BCUT2D eigenvalue weighted by atomic mass is 79.9. The van der Waals surface area contributed by atoms with E-state index in [0.29, 0.717) is 5.33 Å². The second-order valence-corrected chi connectivity index (χ2v) is 6.07. The van der Waals surface area contributed by atoms with Gasteiger partial charge in [-0.25, -0.2) is 13.1 Å². The molecule has 17 heavy (non-hydrogen) atoms. The van der Waals surface area contributed by atoms with Crippen LogP contribution in [0.25, 0.3) is 0 Å². The van der Waals surface area contributed by atoms with Crippen LogP contribution in [0.1, 0.15) is 11.6 Å². The second kappa shape index (κ2) is 7.10. The van der Waals surface area contributed by atoms with Gasteiger partial charge in [-0.1, -0.05) is 46.3 Å². The number of ether oxygens (including phenoxy) is 1. The zero-order valence-corrected chi connectivity index (χ0v) is 12.0. The Morgan fingerprint density at radius 2 is 2.00 bits per heavy atom. The average Bonchev–Trinajstić information content (AvgIpc) is 2.35. The third-order valence-corrected chi connectivity index (χ3v) is 4.23. The van der Waals surface area contributed by atoms with Gasteiger partial charge in [0, 0.05) is 12.4 Å². The van der Waals surface area contributed by atoms with Crippen LogP contribution in [-0.4, -0.2) is 33.2 Å². The lowest BCUT2D eigenvalue weighted by Crippen LogP contribution is -2.32. The van der Waals surface area contributed by atoms with E-state index < -0.39 is 10.0 Å². The van der Waals surface area contributed by atoms with Gasteiger partial charge in [0.2, 0.25) is 10.0 Å². The van der Waals surface area contributed by atoms with E-state index in [0.717, 1.165) is 5.56 Å². The minimum absolute atomic E-state index is 0.0279. The average molecular weight is 322 g/mol. The van der Waals surface area contributed by atoms with Crippen molar-refractivity contribution >= 4 is 26.0 Å². The lowest BCUT2D eigenvalue weighted by atomic mass is 10.1. The molecule has 6 heteroatoms. The summed E-state index contributed by atoms with van der Waals surface area (Å²) in [5.41, 5.74) is 0.936. The normalized spacial score (nSPS) is 13.5. The van der Waals surface area contributed by atoms with Gasteiger partial charge in [0.1, 0.15) is 0 Å². The van der Waals surface area contributed by atoms with Crippen LogP contribution >= 0.6 is 15.9 Å². The monoisotopic (exact) mass is 321 g/mol. The van der Waals surface area contributed by atoms with Crippen molar-refractivity contribution in [2.24, 2.45) is 0 Å². The summed E-state index contributed by atoms with van der Waals surface area (Å²) in [7, 11) is -1.83. The summed E-state index contributed by atoms with van der Waals surface area (Å²) >= 11 is 3.32. The first-order valence-corrected chi connectivity index (χ1v) is 7.96. The van der Waals surface area contributed by atoms with Gasteiger partial charge in [-0.2, -0.15) is 0 Å². The predicted octanol–water partition coefficient (Wildman–Crippen LogP) is 1.69. The number of hydrogen-bond acceptors (Lipinski definition) is 3. The smallest absolute Gasteiger partial charge is 0.214 e. The van der Waals surface area contributed by atoms with E-state index in [1.165, 1.54) is 7.11 Å². The largest absolute Gasteiger partial charge is 0.384 e. The summed E-state index contributed by atoms with van der Waals surface area (Å²) in [6.07, 6.45) is 0. The van der Waals surface area contributed by atoms with Crippen LogP contribution in [0.2, 0.25) is 0 Å². The van der Waals surface area contributed by atoms with Crippen molar-refractivity contribution < 1.29 is 13.2 Å². The Balaban J connectivity index is 2.71. The minimum atomic E-state index is -3.31. The van der Waals surface area contributed by atoms with E-state index in [1.54, 1.807) is 0 Å². The van der Waals surface area contributed by atoms with Gasteiger partial charge < -0.3 is 4.74 Å². The quantitative estimate of drug-likeness (QED) is 0.777. The lowest BCUT2D eigenvalue weighted by molar-refractivity contribution is 0.217. The number of benzene rings is 1. The SMILES string of the molecule is COCCS(=O)(=O)NC(CBr)c1ccccc1. The maximum absolute atomic E-state index is 11.7. The summed E-state index contributed by atoms with van der Waals surface area (Å²) < 4.78 is 30.8. The minimum Gasteiger partial charge on any atom is -0.384 e. The maximum atomic E-state index is 11.7. The summed E-state index contributed by atoms with van der Waals surface area (Å²) in [5.74, 6) is -0.0279. The fraction of sp³-hybridized carbons (Fsp3) is 0.455. The number of rotatable bonds is 7. The lowest BCUT2D eigenvalue weighted by Gasteiger charge is -2.16. The molecule has 0 aromatic heterocycles. The molecule has 1 rings (SSSR count). The van der Waals surface area contributed by atoms with E-state index in [4.69, 9.17) is 4.74 Å². The van der Waals surface area contributed by atoms with Gasteiger partial charge in [-0.15, -0.1) is 0 Å². The van der Waals surface area contributed by atoms with Gasteiger partial charge in [-0.05, 0) is 5.56 Å². The van der Waals surface area contributed by atoms with Gasteiger partial charge in [0.05, 0.1) is 18.4 Å². The van der Waals surface area contributed by atoms with E-state index in [2.05, 4.69) is 20.7 Å². The molecule has 1 N–H and O–H groups in total. The molecule has 1 aromatic carbocycles. The Kier molecular flexibility index (Phi) is 6.11. The second-order valence-electron chi connectivity index (χ2n) is 3.55. The molecule has 0 aliphatic rings. The van der Waals surface area contributed by atoms with E-state index in [9.17, 15) is 8.42 Å². The Labute approximate surface area is 111 Å². The zero-order chi connectivity index (χ0) is 12.7. The predicted molar refractivity (Wildman–Crippen MR) is 71.8 cm³/mol. The molecule has 0 spiro atoms. The summed E-state index contributed by atoms with van der Waals surface area (Å²) in [6.45, 7) is 0.194. The molecule has 0 bridgehead atoms. The number of alkyl halides is 1. The molecular weight excluding hydrogens is 306 g/mol. The Morgan fingerprint density at radius 3 is 2.53 bits per heavy atom. The molecule has 1 atom stereocenters. The highest BCUT2D eigenvalue weighted by molar-refractivity contribution is 9.09. The van der Waals surface area contributed by atoms with Crippen molar-refractivity contribution in [1.82, 2.24) is 4.72 Å². The first-order valence-electron chi connectivity index (χ1n) is 5.19. The third-order valence-electron chi connectivity index (χ3n) is 2.23. The first kappa shape index (κ1) is 14.6. The summed E-state index contributed by atoms with van der Waals surface area (Å²) in [5, 5.41) is 0.531. The fourth-order valence-corrected chi connectivity index (χ4v) is 3.25. The van der Waals surface area contributed by atoms with Crippen LogP contribution in [0.5, 0.6) is 0 Å². The van der Waals surface area contributed by atoms with Crippen LogP contribution in [0, 0.1) is 0 Å². The number of sulfonamides is 1. The fourth-order valence-electron chi connectivity index (χ4n) is 1.34. The summed E-state index contributed by atoms with van der Waals surface area (Å²) in [4.78, 5) is 0. The Morgan fingerprint density at radius 1 is 1.35 bits per heavy atom. The molecule has 0 aliphatic carbocycles. The van der Waals surface area contributed by atoms with E-state index in [-0.39, 0.29) is 18.4 Å². The van der Waals surface area contributed by atoms with Gasteiger partial charge in [0.15, 0.2) is 0 Å². The molecule has 0 fully saturated rings. The van der Waals surface area contributed by atoms with Crippen LogP contribution in [0.4, 0.5) is 0 Å². The molecule has 1 aromatic rings. The zero-order valence-electron chi connectivity index (χ0n) is 9.60. The van der Waals surface area contributed by atoms with Crippen LogP contribution < -0.4 is 4.72 Å². The maximum Gasteiger partial charge on any atom is 0.214 e. The number of hydrogen-bond donors (Lipinski definition) is 1. The first-order chi connectivity index (χ1) is 8.09. The molecular formula is C11H16BrNO3S. The van der Waals surface area contributed by atoms with E-state index in [1.807, 2.05) is 30.3 Å². The topological polar surface area (TPSA) is 55.4 Å². The van der Waals surface area contributed by atoms with Gasteiger partial charge in [-0.3, -0.25) is 0 Å². The van der Waals surface area contributed by atoms with Crippen molar-refractivity contribution in [3.8, 4) is 0 Å². The van der Waals surface area contributed by atoms with Crippen molar-refractivity contribution in [3.05, 3.63) is 35.9 Å².